The number of benzene rings is 1. The largest absolute Gasteiger partial charge is 0.352 e. The summed E-state index contributed by atoms with van der Waals surface area (Å²) in [6, 6.07) is 17.4. The van der Waals surface area contributed by atoms with Gasteiger partial charge in [0.15, 0.2) is 5.11 Å². The Bertz CT molecular complexity index is 996. The van der Waals surface area contributed by atoms with Crippen LogP contribution in [0.25, 0.3) is 0 Å². The maximum atomic E-state index is 12.5. The molecule has 148 valence electrons. The Morgan fingerprint density at radius 3 is 2.72 bits per heavy atom. The van der Waals surface area contributed by atoms with Crippen molar-refractivity contribution in [3.63, 3.8) is 0 Å². The quantitative estimate of drug-likeness (QED) is 0.484. The summed E-state index contributed by atoms with van der Waals surface area (Å²) in [6.07, 6.45) is 2.13. The molecular weight excluding hydrogens is 468 g/mol. The predicted molar refractivity (Wildman–Crippen MR) is 124 cm³/mol. The number of carbonyl (C=O) groups excluding carboxylic acids is 1. The lowest BCUT2D eigenvalue weighted by atomic mass is 10.0. The molecule has 1 amide bonds. The molecule has 0 spiro atoms. The Labute approximate surface area is 187 Å². The first-order valence-corrected chi connectivity index (χ1v) is 11.3. The van der Waals surface area contributed by atoms with Gasteiger partial charge in [0, 0.05) is 39.6 Å². The summed E-state index contributed by atoms with van der Waals surface area (Å²) in [5.41, 5.74) is 1.73. The summed E-state index contributed by atoms with van der Waals surface area (Å²) in [6.45, 7) is 0.522. The third-order valence-electron chi connectivity index (χ3n) is 4.71. The van der Waals surface area contributed by atoms with E-state index < -0.39 is 0 Å². The first kappa shape index (κ1) is 20.0. The monoisotopic (exact) mass is 486 g/mol. The maximum absolute atomic E-state index is 12.5. The molecule has 2 aromatic heterocycles. The fraction of sp³-hybridized carbons (Fsp3) is 0.190. The van der Waals surface area contributed by atoms with Gasteiger partial charge in [0.1, 0.15) is 0 Å². The van der Waals surface area contributed by atoms with Crippen LogP contribution in [0.2, 0.25) is 0 Å². The van der Waals surface area contributed by atoms with Crippen molar-refractivity contribution in [3.05, 3.63) is 81.2 Å². The van der Waals surface area contributed by atoms with Crippen molar-refractivity contribution < 1.29 is 4.79 Å². The maximum Gasteiger partial charge on any atom is 0.226 e. The van der Waals surface area contributed by atoms with E-state index in [0.29, 0.717) is 18.1 Å². The first-order chi connectivity index (χ1) is 14.1. The molecule has 0 aliphatic carbocycles. The molecule has 3 heterocycles. The average Bonchev–Trinajstić information content (AvgIpc) is 3.30. The molecule has 1 aromatic carbocycles. The Kier molecular flexibility index (Phi) is 6.22. The minimum Gasteiger partial charge on any atom is -0.352 e. The highest BCUT2D eigenvalue weighted by molar-refractivity contribution is 9.10. The Balaban J connectivity index is 1.52. The van der Waals surface area contributed by atoms with E-state index in [1.165, 1.54) is 4.88 Å². The molecule has 2 atom stereocenters. The highest BCUT2D eigenvalue weighted by Gasteiger charge is 2.40. The van der Waals surface area contributed by atoms with Crippen molar-refractivity contribution in [2.24, 2.45) is 0 Å². The fourth-order valence-electron chi connectivity index (χ4n) is 3.41. The molecule has 29 heavy (non-hydrogen) atoms. The number of nitrogens with one attached hydrogen (secondary N) is 2. The zero-order valence-electron chi connectivity index (χ0n) is 15.4. The molecule has 0 radical (unpaired) electrons. The van der Waals surface area contributed by atoms with Crippen LogP contribution < -0.4 is 10.6 Å². The summed E-state index contributed by atoms with van der Waals surface area (Å²) in [4.78, 5) is 20.2. The number of nitrogens with zero attached hydrogens (tertiary/aromatic N) is 2. The Hall–Kier alpha value is -2.29. The minimum atomic E-state index is -0.0635. The van der Waals surface area contributed by atoms with Gasteiger partial charge in [-0.3, -0.25) is 9.78 Å². The molecule has 0 unspecified atom stereocenters. The zero-order chi connectivity index (χ0) is 20.2. The first-order valence-electron chi connectivity index (χ1n) is 9.19. The van der Waals surface area contributed by atoms with Crippen molar-refractivity contribution >= 4 is 56.2 Å². The van der Waals surface area contributed by atoms with Crippen LogP contribution in [0.4, 0.5) is 5.69 Å². The van der Waals surface area contributed by atoms with Crippen LogP contribution in [-0.4, -0.2) is 27.4 Å². The third-order valence-corrected chi connectivity index (χ3v) is 6.83. The molecule has 0 saturated carbocycles. The normalized spacial score (nSPS) is 18.5. The number of thiocarbonyl (C=S) groups is 1. The van der Waals surface area contributed by atoms with Gasteiger partial charge in [-0.2, -0.15) is 0 Å². The van der Waals surface area contributed by atoms with Crippen LogP contribution in [-0.2, 0) is 4.79 Å². The molecule has 0 bridgehead atoms. The highest BCUT2D eigenvalue weighted by atomic mass is 79.9. The number of pyridine rings is 1. The van der Waals surface area contributed by atoms with Crippen molar-refractivity contribution in [2.75, 3.05) is 11.9 Å². The molecule has 5 nitrogen and oxygen atoms in total. The summed E-state index contributed by atoms with van der Waals surface area (Å²) in [5.74, 6) is -0.0357. The fourth-order valence-corrected chi connectivity index (χ4v) is 5.33. The van der Waals surface area contributed by atoms with Crippen molar-refractivity contribution in [3.8, 4) is 0 Å². The SMILES string of the molecule is O=C(CCN1C(=S)N[C@H](c2ccccn2)[C@H]1c1cc(Br)cs1)Nc1ccccc1. The lowest BCUT2D eigenvalue weighted by Crippen LogP contribution is -2.32. The van der Waals surface area contributed by atoms with Gasteiger partial charge in [-0.1, -0.05) is 24.3 Å². The number of carbonyl (C=O) groups is 1. The molecular formula is C21H19BrN4OS2. The van der Waals surface area contributed by atoms with Gasteiger partial charge < -0.3 is 15.5 Å². The van der Waals surface area contributed by atoms with Crippen LogP contribution in [0.5, 0.6) is 0 Å². The number of thiophene rings is 1. The molecule has 3 aromatic rings. The van der Waals surface area contributed by atoms with E-state index in [0.717, 1.165) is 15.9 Å². The van der Waals surface area contributed by atoms with Gasteiger partial charge in [-0.15, -0.1) is 11.3 Å². The van der Waals surface area contributed by atoms with E-state index >= 15 is 0 Å². The van der Waals surface area contributed by atoms with E-state index in [-0.39, 0.29) is 18.0 Å². The van der Waals surface area contributed by atoms with Crippen LogP contribution in [0, 0.1) is 0 Å². The molecule has 4 rings (SSSR count). The smallest absolute Gasteiger partial charge is 0.226 e. The van der Waals surface area contributed by atoms with Gasteiger partial charge in [0.25, 0.3) is 0 Å². The second-order valence-electron chi connectivity index (χ2n) is 6.65. The molecule has 2 N–H and O–H groups in total. The van der Waals surface area contributed by atoms with Gasteiger partial charge in [0.2, 0.25) is 5.91 Å². The summed E-state index contributed by atoms with van der Waals surface area (Å²) < 4.78 is 1.04. The third kappa shape index (κ3) is 4.66. The highest BCUT2D eigenvalue weighted by Crippen LogP contribution is 2.41. The molecule has 1 aliphatic heterocycles. The molecule has 8 heteroatoms. The standard InChI is InChI=1S/C21H19BrN4OS2/c22-14-12-17(29-13-14)20-19(16-8-4-5-10-23-16)25-21(28)26(20)11-9-18(27)24-15-6-2-1-3-7-15/h1-8,10,12-13,19-20H,9,11H2,(H,24,27)(H,25,28)/t19-,20-/m1/s1. The van der Waals surface area contributed by atoms with Gasteiger partial charge >= 0.3 is 0 Å². The number of halogens is 1. The van der Waals surface area contributed by atoms with Gasteiger partial charge in [-0.25, -0.2) is 0 Å². The number of hydrogen-bond donors (Lipinski definition) is 2. The number of hydrogen-bond acceptors (Lipinski definition) is 4. The van der Waals surface area contributed by atoms with Crippen LogP contribution >= 0.6 is 39.5 Å². The number of amides is 1. The van der Waals surface area contributed by atoms with E-state index in [9.17, 15) is 4.79 Å². The van der Waals surface area contributed by atoms with Crippen LogP contribution in [0.15, 0.2) is 70.6 Å². The molecule has 1 saturated heterocycles. The summed E-state index contributed by atoms with van der Waals surface area (Å²) >= 11 is 10.9. The van der Waals surface area contributed by atoms with Crippen LogP contribution in [0.3, 0.4) is 0 Å². The van der Waals surface area contributed by atoms with Crippen molar-refractivity contribution in [1.29, 1.82) is 0 Å². The van der Waals surface area contributed by atoms with E-state index in [4.69, 9.17) is 12.2 Å². The number of aromatic nitrogens is 1. The topological polar surface area (TPSA) is 57.3 Å². The number of rotatable bonds is 6. The average molecular weight is 487 g/mol. The lowest BCUT2D eigenvalue weighted by molar-refractivity contribution is -0.116. The van der Waals surface area contributed by atoms with E-state index in [2.05, 4.69) is 47.9 Å². The Morgan fingerprint density at radius 2 is 2.03 bits per heavy atom. The second kappa shape index (κ2) is 9.02. The predicted octanol–water partition coefficient (Wildman–Crippen LogP) is 4.91. The van der Waals surface area contributed by atoms with Crippen molar-refractivity contribution in [1.82, 2.24) is 15.2 Å². The summed E-state index contributed by atoms with van der Waals surface area (Å²) in [7, 11) is 0. The van der Waals surface area contributed by atoms with E-state index in [1.807, 2.05) is 48.5 Å². The number of para-hydroxylation sites is 1. The zero-order valence-corrected chi connectivity index (χ0v) is 18.6. The lowest BCUT2D eigenvalue weighted by Gasteiger charge is -2.26. The van der Waals surface area contributed by atoms with Gasteiger partial charge in [-0.05, 0) is 58.5 Å². The number of anilines is 1. The summed E-state index contributed by atoms with van der Waals surface area (Å²) in [5, 5.41) is 9.05. The second-order valence-corrected chi connectivity index (χ2v) is 8.90. The van der Waals surface area contributed by atoms with Gasteiger partial charge in [0.05, 0.1) is 17.8 Å². The van der Waals surface area contributed by atoms with Crippen molar-refractivity contribution in [2.45, 2.75) is 18.5 Å². The molecule has 1 fully saturated rings. The van der Waals surface area contributed by atoms with E-state index in [1.54, 1.807) is 17.5 Å². The minimum absolute atomic E-state index is 0.0155. The van der Waals surface area contributed by atoms with Crippen LogP contribution in [0.1, 0.15) is 29.1 Å². The Morgan fingerprint density at radius 1 is 1.24 bits per heavy atom. The molecule has 1 aliphatic rings.